The number of amides is 1. The molecule has 1 amide bonds. The first-order valence-corrected chi connectivity index (χ1v) is 8.36. The highest BCUT2D eigenvalue weighted by atomic mass is 35.5. The zero-order chi connectivity index (χ0) is 14.5. The maximum atomic E-state index is 12.5. The first-order valence-electron chi connectivity index (χ1n) is 7.04. The third-order valence-electron chi connectivity index (χ3n) is 3.50. The van der Waals surface area contributed by atoms with Crippen LogP contribution in [0.2, 0.25) is 5.02 Å². The molecule has 2 rings (SSSR count). The van der Waals surface area contributed by atoms with Gasteiger partial charge in [-0.05, 0) is 32.5 Å². The van der Waals surface area contributed by atoms with E-state index >= 15 is 0 Å². The summed E-state index contributed by atoms with van der Waals surface area (Å²) in [5.74, 6) is 0.249. The van der Waals surface area contributed by atoms with Crippen LogP contribution in [0.15, 0.2) is 24.3 Å². The molecule has 1 aliphatic heterocycles. The molecular formula is C15H21ClN2OS. The van der Waals surface area contributed by atoms with Crippen molar-refractivity contribution in [2.75, 3.05) is 20.1 Å². The van der Waals surface area contributed by atoms with Crippen LogP contribution in [-0.4, -0.2) is 36.2 Å². The van der Waals surface area contributed by atoms with Gasteiger partial charge in [0.15, 0.2) is 0 Å². The molecule has 0 bridgehead atoms. The molecule has 5 heteroatoms. The number of benzene rings is 1. The molecule has 1 heterocycles. The molecule has 1 N–H and O–H groups in total. The van der Waals surface area contributed by atoms with E-state index in [-0.39, 0.29) is 16.5 Å². The van der Waals surface area contributed by atoms with Crippen molar-refractivity contribution >= 4 is 29.3 Å². The predicted octanol–water partition coefficient (Wildman–Crippen LogP) is 3.30. The highest BCUT2D eigenvalue weighted by Crippen LogP contribution is 2.45. The molecular weight excluding hydrogens is 292 g/mol. The number of carbonyl (C=O) groups is 1. The fraction of sp³-hybridized carbons (Fsp3) is 0.533. The van der Waals surface area contributed by atoms with Crippen LogP contribution in [0.5, 0.6) is 0 Å². The lowest BCUT2D eigenvalue weighted by molar-refractivity contribution is -0.130. The monoisotopic (exact) mass is 312 g/mol. The predicted molar refractivity (Wildman–Crippen MR) is 86.1 cm³/mol. The van der Waals surface area contributed by atoms with E-state index in [2.05, 4.69) is 12.2 Å². The van der Waals surface area contributed by atoms with Crippen LogP contribution in [0.4, 0.5) is 0 Å². The summed E-state index contributed by atoms with van der Waals surface area (Å²) in [6.45, 7) is 3.76. The van der Waals surface area contributed by atoms with Crippen molar-refractivity contribution in [2.45, 2.75) is 30.4 Å². The quantitative estimate of drug-likeness (QED) is 0.818. The average molecular weight is 313 g/mol. The second-order valence-corrected chi connectivity index (χ2v) is 6.59. The molecule has 1 saturated heterocycles. The van der Waals surface area contributed by atoms with Gasteiger partial charge in [0.2, 0.25) is 5.91 Å². The van der Waals surface area contributed by atoms with Crippen LogP contribution >= 0.6 is 23.4 Å². The first kappa shape index (κ1) is 15.7. The summed E-state index contributed by atoms with van der Waals surface area (Å²) in [5, 5.41) is 3.99. The Labute approximate surface area is 130 Å². The zero-order valence-electron chi connectivity index (χ0n) is 11.9. The Morgan fingerprint density at radius 1 is 1.40 bits per heavy atom. The number of carbonyl (C=O) groups excluding carboxylic acids is 1. The maximum absolute atomic E-state index is 12.5. The number of hydrogen-bond donors (Lipinski definition) is 1. The maximum Gasteiger partial charge on any atom is 0.236 e. The van der Waals surface area contributed by atoms with E-state index in [1.165, 1.54) is 0 Å². The van der Waals surface area contributed by atoms with Gasteiger partial charge >= 0.3 is 0 Å². The van der Waals surface area contributed by atoms with E-state index in [4.69, 9.17) is 11.6 Å². The molecule has 1 aliphatic rings. The van der Waals surface area contributed by atoms with Crippen LogP contribution in [0.3, 0.4) is 0 Å². The zero-order valence-corrected chi connectivity index (χ0v) is 13.5. The van der Waals surface area contributed by atoms with Crippen LogP contribution in [0, 0.1) is 0 Å². The second-order valence-electron chi connectivity index (χ2n) is 4.90. The smallest absolute Gasteiger partial charge is 0.236 e. The minimum atomic E-state index is 0.0537. The molecule has 1 fully saturated rings. The van der Waals surface area contributed by atoms with Gasteiger partial charge in [0.1, 0.15) is 5.37 Å². The summed E-state index contributed by atoms with van der Waals surface area (Å²) in [6, 6.07) is 7.83. The summed E-state index contributed by atoms with van der Waals surface area (Å²) in [6.07, 6.45) is 1.83. The topological polar surface area (TPSA) is 32.3 Å². The fourth-order valence-corrected chi connectivity index (χ4v) is 4.20. The minimum Gasteiger partial charge on any atom is -0.325 e. The highest BCUT2D eigenvalue weighted by Gasteiger charge is 2.40. The first-order chi connectivity index (χ1) is 9.69. The molecule has 2 unspecified atom stereocenters. The number of rotatable bonds is 6. The molecule has 3 nitrogen and oxygen atoms in total. The Morgan fingerprint density at radius 3 is 2.80 bits per heavy atom. The Morgan fingerprint density at radius 2 is 2.15 bits per heavy atom. The second kappa shape index (κ2) is 7.34. The lowest BCUT2D eigenvalue weighted by Gasteiger charge is -2.24. The number of halogens is 1. The van der Waals surface area contributed by atoms with Crippen molar-refractivity contribution in [3.63, 3.8) is 0 Å². The van der Waals surface area contributed by atoms with E-state index in [1.54, 1.807) is 11.8 Å². The minimum absolute atomic E-state index is 0.0537. The van der Waals surface area contributed by atoms with Gasteiger partial charge < -0.3 is 10.2 Å². The molecule has 0 saturated carbocycles. The molecule has 2 atom stereocenters. The largest absolute Gasteiger partial charge is 0.325 e. The van der Waals surface area contributed by atoms with Crippen molar-refractivity contribution in [2.24, 2.45) is 0 Å². The van der Waals surface area contributed by atoms with Crippen LogP contribution in [0.25, 0.3) is 0 Å². The van der Waals surface area contributed by atoms with Gasteiger partial charge in [-0.25, -0.2) is 0 Å². The van der Waals surface area contributed by atoms with Crippen molar-refractivity contribution in [1.29, 1.82) is 0 Å². The Hall–Kier alpha value is -0.710. The van der Waals surface area contributed by atoms with E-state index in [0.29, 0.717) is 0 Å². The fourth-order valence-electron chi connectivity index (χ4n) is 2.43. The van der Waals surface area contributed by atoms with Crippen molar-refractivity contribution in [1.82, 2.24) is 10.2 Å². The number of nitrogens with zero attached hydrogens (tertiary/aromatic N) is 1. The molecule has 0 aromatic heterocycles. The molecule has 0 aliphatic carbocycles. The molecule has 1 aromatic carbocycles. The highest BCUT2D eigenvalue weighted by molar-refractivity contribution is 8.01. The van der Waals surface area contributed by atoms with Crippen LogP contribution in [-0.2, 0) is 4.79 Å². The molecule has 0 spiro atoms. The van der Waals surface area contributed by atoms with Crippen LogP contribution in [0.1, 0.15) is 30.7 Å². The van der Waals surface area contributed by atoms with E-state index in [1.807, 2.05) is 36.2 Å². The Balaban J connectivity index is 2.20. The molecule has 0 radical (unpaired) electrons. The van der Waals surface area contributed by atoms with Gasteiger partial charge in [0.05, 0.1) is 5.25 Å². The average Bonchev–Trinajstić information content (AvgIpc) is 2.77. The van der Waals surface area contributed by atoms with Crippen molar-refractivity contribution in [3.05, 3.63) is 34.9 Å². The Bertz CT molecular complexity index is 469. The van der Waals surface area contributed by atoms with E-state index in [0.717, 1.165) is 36.5 Å². The normalized spacial score (nSPS) is 22.6. The van der Waals surface area contributed by atoms with Gasteiger partial charge in [-0.2, -0.15) is 0 Å². The molecule has 20 heavy (non-hydrogen) atoms. The summed E-state index contributed by atoms with van der Waals surface area (Å²) in [7, 11) is 1.93. The van der Waals surface area contributed by atoms with Gasteiger partial charge in [-0.1, -0.05) is 36.7 Å². The third-order valence-corrected chi connectivity index (χ3v) is 5.48. The van der Waals surface area contributed by atoms with Crippen molar-refractivity contribution in [3.8, 4) is 0 Å². The number of nitrogens with one attached hydrogen (secondary N) is 1. The summed E-state index contributed by atoms with van der Waals surface area (Å²) in [4.78, 5) is 14.5. The molecule has 110 valence electrons. The third kappa shape index (κ3) is 3.30. The standard InChI is InChI=1S/C15H21ClN2OS/c1-3-13-14(19)18(10-6-9-17-2)15(20-13)11-7-4-5-8-12(11)16/h4-5,7-8,13,15,17H,3,6,9-10H2,1-2H3. The number of thioether (sulfide) groups is 1. The summed E-state index contributed by atoms with van der Waals surface area (Å²) >= 11 is 8.03. The lowest BCUT2D eigenvalue weighted by atomic mass is 10.2. The Kier molecular flexibility index (Phi) is 5.75. The lowest BCUT2D eigenvalue weighted by Crippen LogP contribution is -2.33. The van der Waals surface area contributed by atoms with Gasteiger partial charge in [0.25, 0.3) is 0 Å². The van der Waals surface area contributed by atoms with Gasteiger partial charge in [0, 0.05) is 17.1 Å². The van der Waals surface area contributed by atoms with E-state index < -0.39 is 0 Å². The molecule has 1 aromatic rings. The number of hydrogen-bond acceptors (Lipinski definition) is 3. The van der Waals surface area contributed by atoms with E-state index in [9.17, 15) is 4.79 Å². The van der Waals surface area contributed by atoms with Gasteiger partial charge in [-0.3, -0.25) is 4.79 Å². The SMILES string of the molecule is CCC1SC(c2ccccc2Cl)N(CCCNC)C1=O. The summed E-state index contributed by atoms with van der Waals surface area (Å²) < 4.78 is 0. The van der Waals surface area contributed by atoms with Crippen LogP contribution < -0.4 is 5.32 Å². The van der Waals surface area contributed by atoms with Crippen molar-refractivity contribution < 1.29 is 4.79 Å². The van der Waals surface area contributed by atoms with Gasteiger partial charge in [-0.15, -0.1) is 11.8 Å². The summed E-state index contributed by atoms with van der Waals surface area (Å²) in [5.41, 5.74) is 1.05.